The van der Waals surface area contributed by atoms with Gasteiger partial charge in [0.1, 0.15) is 17.1 Å². The van der Waals surface area contributed by atoms with E-state index in [9.17, 15) is 13.2 Å². The maximum Gasteiger partial charge on any atom is 0.270 e. The van der Waals surface area contributed by atoms with Crippen molar-refractivity contribution < 1.29 is 22.7 Å². The van der Waals surface area contributed by atoms with E-state index in [4.69, 9.17) is 9.47 Å². The summed E-state index contributed by atoms with van der Waals surface area (Å²) < 4.78 is 39.2. The van der Waals surface area contributed by atoms with E-state index >= 15 is 0 Å². The molecule has 2 heterocycles. The summed E-state index contributed by atoms with van der Waals surface area (Å²) in [4.78, 5) is 11.1. The molecule has 0 spiro atoms. The van der Waals surface area contributed by atoms with Gasteiger partial charge in [-0.1, -0.05) is 11.3 Å². The Labute approximate surface area is 161 Å². The first kappa shape index (κ1) is 19.5. The molecule has 1 aliphatic heterocycles. The minimum atomic E-state index is -3.94. The minimum absolute atomic E-state index is 0.122. The van der Waals surface area contributed by atoms with Gasteiger partial charge in [-0.2, -0.15) is 0 Å². The molecule has 11 heteroatoms. The molecule has 146 valence electrons. The minimum Gasteiger partial charge on any atom is -0.497 e. The lowest BCUT2D eigenvalue weighted by molar-refractivity contribution is -0.114. The van der Waals surface area contributed by atoms with Gasteiger partial charge in [0.05, 0.1) is 13.2 Å². The molecule has 9 nitrogen and oxygen atoms in total. The van der Waals surface area contributed by atoms with Crippen LogP contribution in [0.3, 0.4) is 0 Å². The lowest BCUT2D eigenvalue weighted by atomic mass is 9.90. The molecule has 1 atom stereocenters. The van der Waals surface area contributed by atoms with Gasteiger partial charge in [-0.15, -0.1) is 10.2 Å². The Bertz CT molecular complexity index is 971. The molecule has 0 aliphatic carbocycles. The summed E-state index contributed by atoms with van der Waals surface area (Å²) in [7, 11) is -2.40. The Hall–Kier alpha value is -2.24. The second-order valence-corrected chi connectivity index (χ2v) is 9.56. The summed E-state index contributed by atoms with van der Waals surface area (Å²) in [6, 6.07) is 4.74. The van der Waals surface area contributed by atoms with Gasteiger partial charge in [-0.25, -0.2) is 13.1 Å². The number of aromatic nitrogens is 2. The van der Waals surface area contributed by atoms with Crippen LogP contribution >= 0.6 is 11.3 Å². The Morgan fingerprint density at radius 1 is 1.37 bits per heavy atom. The van der Waals surface area contributed by atoms with Crippen molar-refractivity contribution in [1.29, 1.82) is 0 Å². The van der Waals surface area contributed by atoms with Gasteiger partial charge in [0.2, 0.25) is 15.4 Å². The van der Waals surface area contributed by atoms with Crippen LogP contribution in [-0.2, 0) is 14.8 Å². The highest BCUT2D eigenvalue weighted by Crippen LogP contribution is 2.41. The van der Waals surface area contributed by atoms with Gasteiger partial charge < -0.3 is 14.8 Å². The summed E-state index contributed by atoms with van der Waals surface area (Å²) in [5.74, 6) is 0.844. The first-order valence-corrected chi connectivity index (χ1v) is 10.4. The van der Waals surface area contributed by atoms with Crippen LogP contribution < -0.4 is 19.5 Å². The Morgan fingerprint density at radius 3 is 2.78 bits per heavy atom. The molecular formula is C16H20N4O5S2. The number of nitrogens with zero attached hydrogens (tertiary/aromatic N) is 2. The van der Waals surface area contributed by atoms with Gasteiger partial charge in [0.15, 0.2) is 0 Å². The van der Waals surface area contributed by atoms with Crippen LogP contribution in [0.4, 0.5) is 5.13 Å². The van der Waals surface area contributed by atoms with E-state index in [0.717, 1.165) is 11.3 Å². The summed E-state index contributed by atoms with van der Waals surface area (Å²) in [6.07, 6.45) is 0.420. The fourth-order valence-electron chi connectivity index (χ4n) is 2.82. The number of ether oxygens (including phenoxy) is 2. The van der Waals surface area contributed by atoms with Gasteiger partial charge in [0.25, 0.3) is 10.0 Å². The van der Waals surface area contributed by atoms with Crippen molar-refractivity contribution in [3.63, 3.8) is 0 Å². The monoisotopic (exact) mass is 412 g/mol. The van der Waals surface area contributed by atoms with Crippen molar-refractivity contribution in [2.45, 2.75) is 43.2 Å². The normalized spacial score (nSPS) is 18.3. The van der Waals surface area contributed by atoms with Crippen molar-refractivity contribution in [1.82, 2.24) is 14.9 Å². The third-order valence-corrected chi connectivity index (χ3v) is 6.57. The zero-order valence-electron chi connectivity index (χ0n) is 15.3. The number of rotatable bonds is 5. The number of fused-ring (bicyclic) bond motifs is 1. The summed E-state index contributed by atoms with van der Waals surface area (Å²) in [5, 5.41) is 9.91. The topological polar surface area (TPSA) is 120 Å². The van der Waals surface area contributed by atoms with Crippen molar-refractivity contribution in [3.8, 4) is 11.5 Å². The number of carbonyl (C=O) groups is 1. The quantitative estimate of drug-likeness (QED) is 0.722. The average Bonchev–Trinajstić information content (AvgIpc) is 3.02. The number of hydrogen-bond donors (Lipinski definition) is 2. The molecule has 1 amide bonds. The molecule has 1 aliphatic rings. The molecule has 0 bridgehead atoms. The molecule has 27 heavy (non-hydrogen) atoms. The molecule has 0 saturated carbocycles. The van der Waals surface area contributed by atoms with Crippen LogP contribution in [0, 0.1) is 0 Å². The van der Waals surface area contributed by atoms with Crippen LogP contribution in [-0.4, -0.2) is 37.2 Å². The zero-order chi connectivity index (χ0) is 19.8. The van der Waals surface area contributed by atoms with Gasteiger partial charge in [-0.3, -0.25) is 4.79 Å². The number of amides is 1. The third kappa shape index (κ3) is 4.37. The van der Waals surface area contributed by atoms with Crippen LogP contribution in [0.5, 0.6) is 11.5 Å². The van der Waals surface area contributed by atoms with Crippen LogP contribution in [0.25, 0.3) is 0 Å². The van der Waals surface area contributed by atoms with E-state index in [2.05, 4.69) is 20.2 Å². The number of anilines is 1. The van der Waals surface area contributed by atoms with Crippen molar-refractivity contribution in [2.75, 3.05) is 12.4 Å². The van der Waals surface area contributed by atoms with E-state index in [-0.39, 0.29) is 15.4 Å². The lowest BCUT2D eigenvalue weighted by Gasteiger charge is -2.37. The largest absolute Gasteiger partial charge is 0.497 e. The number of hydrogen-bond acceptors (Lipinski definition) is 8. The third-order valence-electron chi connectivity index (χ3n) is 3.89. The van der Waals surface area contributed by atoms with E-state index < -0.39 is 21.7 Å². The highest BCUT2D eigenvalue weighted by atomic mass is 32.2. The van der Waals surface area contributed by atoms with Crippen LogP contribution in [0.1, 0.15) is 38.8 Å². The highest BCUT2D eigenvalue weighted by Gasteiger charge is 2.37. The molecule has 0 fully saturated rings. The Morgan fingerprint density at radius 2 is 2.11 bits per heavy atom. The summed E-state index contributed by atoms with van der Waals surface area (Å²) >= 11 is 0.785. The summed E-state index contributed by atoms with van der Waals surface area (Å²) in [6.45, 7) is 5.09. The maximum absolute atomic E-state index is 12.8. The molecular weight excluding hydrogens is 392 g/mol. The molecule has 0 unspecified atom stereocenters. The first-order chi connectivity index (χ1) is 12.6. The summed E-state index contributed by atoms with van der Waals surface area (Å²) in [5.41, 5.74) is 0.126. The molecule has 0 radical (unpaired) electrons. The van der Waals surface area contributed by atoms with Crippen molar-refractivity contribution in [2.24, 2.45) is 0 Å². The molecule has 1 aromatic carbocycles. The van der Waals surface area contributed by atoms with Crippen LogP contribution in [0.2, 0.25) is 0 Å². The van der Waals surface area contributed by atoms with E-state index in [1.807, 2.05) is 13.8 Å². The Kier molecular flexibility index (Phi) is 5.10. The van der Waals surface area contributed by atoms with Crippen molar-refractivity contribution in [3.05, 3.63) is 23.8 Å². The number of benzene rings is 1. The predicted molar refractivity (Wildman–Crippen MR) is 99.6 cm³/mol. The van der Waals surface area contributed by atoms with Gasteiger partial charge in [0, 0.05) is 18.9 Å². The fraction of sp³-hybridized carbons (Fsp3) is 0.438. The fourth-order valence-corrected chi connectivity index (χ4v) is 5.00. The van der Waals surface area contributed by atoms with Gasteiger partial charge in [-0.05, 0) is 32.0 Å². The number of carbonyl (C=O) groups excluding carboxylic acids is 1. The SMILES string of the molecule is COc1ccc2c(c1)[C@@H](NS(=O)(=O)c1nnc(NC(C)=O)s1)CC(C)(C)O2. The second kappa shape index (κ2) is 7.06. The van der Waals surface area contributed by atoms with E-state index in [1.54, 1.807) is 25.3 Å². The van der Waals surface area contributed by atoms with Gasteiger partial charge >= 0.3 is 0 Å². The van der Waals surface area contributed by atoms with E-state index in [1.165, 1.54) is 6.92 Å². The Balaban J connectivity index is 1.92. The zero-order valence-corrected chi connectivity index (χ0v) is 16.9. The number of sulfonamides is 1. The number of nitrogens with one attached hydrogen (secondary N) is 2. The highest BCUT2D eigenvalue weighted by molar-refractivity contribution is 7.91. The lowest BCUT2D eigenvalue weighted by Crippen LogP contribution is -2.41. The maximum atomic E-state index is 12.8. The van der Waals surface area contributed by atoms with E-state index in [0.29, 0.717) is 23.5 Å². The average molecular weight is 412 g/mol. The van der Waals surface area contributed by atoms with Crippen molar-refractivity contribution >= 4 is 32.4 Å². The van der Waals surface area contributed by atoms with Crippen LogP contribution in [0.15, 0.2) is 22.5 Å². The molecule has 0 saturated heterocycles. The molecule has 2 N–H and O–H groups in total. The molecule has 2 aromatic rings. The standard InChI is InChI=1S/C16H20N4O5S2/c1-9(21)17-14-18-19-15(26-14)27(22,23)20-12-8-16(2,3)25-13-6-5-10(24-4)7-11(12)13/h5-7,12,20H,8H2,1-4H3,(H,17,18,21)/t12-/m0/s1. The smallest absolute Gasteiger partial charge is 0.270 e. The number of methoxy groups -OCH3 is 1. The second-order valence-electron chi connectivity index (χ2n) is 6.70. The predicted octanol–water partition coefficient (Wildman–Crippen LogP) is 2.09. The molecule has 1 aromatic heterocycles. The first-order valence-electron chi connectivity index (χ1n) is 8.10. The molecule has 3 rings (SSSR count).